The molecule has 0 radical (unpaired) electrons. The summed E-state index contributed by atoms with van der Waals surface area (Å²) in [5, 5.41) is 9.91. The largest absolute Gasteiger partial charge is 0.392 e. The van der Waals surface area contributed by atoms with Gasteiger partial charge in [-0.2, -0.15) is 0 Å². The molecule has 22 heavy (non-hydrogen) atoms. The second-order valence-corrected chi connectivity index (χ2v) is 7.97. The van der Waals surface area contributed by atoms with Crippen LogP contribution in [0.5, 0.6) is 0 Å². The number of unbranched alkanes of at least 4 members (excludes halogenated alkanes) is 5. The molecule has 0 aromatic rings. The Hall–Kier alpha value is -0.120. The van der Waals surface area contributed by atoms with E-state index in [-0.39, 0.29) is 6.10 Å². The molecule has 3 atom stereocenters. The molecule has 1 rings (SSSR count). The molecule has 1 fully saturated rings. The Morgan fingerprint density at radius 2 is 1.86 bits per heavy atom. The lowest BCUT2D eigenvalue weighted by Crippen LogP contribution is -2.38. The molecule has 0 amide bonds. The molecule has 0 aromatic heterocycles. The van der Waals surface area contributed by atoms with Crippen molar-refractivity contribution in [2.75, 3.05) is 13.2 Å². The number of hydrogen-bond donors (Lipinski definition) is 2. The van der Waals surface area contributed by atoms with Crippen LogP contribution in [0.2, 0.25) is 0 Å². The van der Waals surface area contributed by atoms with Gasteiger partial charge >= 0.3 is 0 Å². The van der Waals surface area contributed by atoms with Crippen LogP contribution >= 0.6 is 0 Å². The van der Waals surface area contributed by atoms with Gasteiger partial charge in [0, 0.05) is 13.2 Å². The van der Waals surface area contributed by atoms with Crippen molar-refractivity contribution in [2.24, 2.45) is 17.1 Å². The van der Waals surface area contributed by atoms with Crippen molar-refractivity contribution in [2.45, 2.75) is 97.2 Å². The van der Waals surface area contributed by atoms with Crippen molar-refractivity contribution in [1.82, 2.24) is 0 Å². The van der Waals surface area contributed by atoms with E-state index >= 15 is 0 Å². The van der Waals surface area contributed by atoms with Crippen molar-refractivity contribution >= 4 is 0 Å². The van der Waals surface area contributed by atoms with Crippen LogP contribution in [0.15, 0.2) is 0 Å². The van der Waals surface area contributed by atoms with Crippen LogP contribution in [0.4, 0.5) is 0 Å². The number of nitrogens with two attached hydrogens (primary N) is 1. The fourth-order valence-electron chi connectivity index (χ4n) is 3.73. The van der Waals surface area contributed by atoms with Gasteiger partial charge in [0.1, 0.15) is 0 Å². The summed E-state index contributed by atoms with van der Waals surface area (Å²) in [7, 11) is 0. The first-order valence-corrected chi connectivity index (χ1v) is 9.48. The van der Waals surface area contributed by atoms with Crippen LogP contribution < -0.4 is 5.73 Å². The molecular formula is C19H39NO2. The van der Waals surface area contributed by atoms with Crippen molar-refractivity contribution < 1.29 is 9.84 Å². The molecule has 3 N–H and O–H groups in total. The maximum Gasteiger partial charge on any atom is 0.0666 e. The summed E-state index contributed by atoms with van der Waals surface area (Å²) in [6, 6.07) is 0. The summed E-state index contributed by atoms with van der Waals surface area (Å²) in [5.74, 6) is 0.461. The summed E-state index contributed by atoms with van der Waals surface area (Å²) < 4.78 is 6.19. The monoisotopic (exact) mass is 313 g/mol. The number of rotatable bonds is 11. The highest BCUT2D eigenvalue weighted by Crippen LogP contribution is 2.41. The molecule has 0 aliphatic heterocycles. The van der Waals surface area contributed by atoms with E-state index in [1.807, 2.05) is 0 Å². The standard InChI is InChI=1S/C19H39NO2/c1-4-5-6-7-8-9-12-22-18-10-11-19(2,3)14-16(18)13-17(21)15-20/h16-18,21H,4-15,20H2,1-3H3. The second kappa shape index (κ2) is 10.6. The molecule has 0 spiro atoms. The quantitative estimate of drug-likeness (QED) is 0.560. The van der Waals surface area contributed by atoms with Gasteiger partial charge in [-0.3, -0.25) is 0 Å². The number of hydrogen-bond acceptors (Lipinski definition) is 3. The van der Waals surface area contributed by atoms with E-state index < -0.39 is 0 Å². The van der Waals surface area contributed by atoms with Crippen LogP contribution in [-0.4, -0.2) is 30.5 Å². The summed E-state index contributed by atoms with van der Waals surface area (Å²) in [6.07, 6.45) is 12.1. The Balaban J connectivity index is 2.29. The van der Waals surface area contributed by atoms with E-state index in [1.54, 1.807) is 0 Å². The molecule has 0 aromatic carbocycles. The third-order valence-electron chi connectivity index (χ3n) is 5.12. The van der Waals surface area contributed by atoms with E-state index in [2.05, 4.69) is 20.8 Å². The average Bonchev–Trinajstić information content (AvgIpc) is 2.47. The highest BCUT2D eigenvalue weighted by molar-refractivity contribution is 4.87. The zero-order chi connectivity index (χ0) is 16.4. The summed E-state index contributed by atoms with van der Waals surface area (Å²) in [6.45, 7) is 8.16. The summed E-state index contributed by atoms with van der Waals surface area (Å²) in [4.78, 5) is 0. The van der Waals surface area contributed by atoms with Gasteiger partial charge in [-0.05, 0) is 43.4 Å². The van der Waals surface area contributed by atoms with Gasteiger partial charge in [0.2, 0.25) is 0 Å². The summed E-state index contributed by atoms with van der Waals surface area (Å²) in [5.41, 5.74) is 5.97. The molecular weight excluding hydrogens is 274 g/mol. The third kappa shape index (κ3) is 7.94. The van der Waals surface area contributed by atoms with E-state index in [1.165, 1.54) is 44.9 Å². The van der Waals surface area contributed by atoms with Crippen molar-refractivity contribution in [3.63, 3.8) is 0 Å². The smallest absolute Gasteiger partial charge is 0.0666 e. The van der Waals surface area contributed by atoms with Crippen LogP contribution in [-0.2, 0) is 4.74 Å². The number of ether oxygens (including phenoxy) is 1. The molecule has 1 saturated carbocycles. The molecule has 3 unspecified atom stereocenters. The van der Waals surface area contributed by atoms with Crippen LogP contribution in [0.1, 0.15) is 85.0 Å². The first kappa shape index (κ1) is 19.9. The lowest BCUT2D eigenvalue weighted by molar-refractivity contribution is -0.0528. The van der Waals surface area contributed by atoms with Crippen LogP contribution in [0.3, 0.4) is 0 Å². The maximum absolute atomic E-state index is 9.91. The van der Waals surface area contributed by atoms with Gasteiger partial charge in [0.15, 0.2) is 0 Å². The molecule has 0 saturated heterocycles. The van der Waals surface area contributed by atoms with Gasteiger partial charge in [0.05, 0.1) is 12.2 Å². The van der Waals surface area contributed by atoms with E-state index in [0.717, 1.165) is 25.9 Å². The van der Waals surface area contributed by atoms with E-state index in [9.17, 15) is 5.11 Å². The molecule has 132 valence electrons. The van der Waals surface area contributed by atoms with Gasteiger partial charge in [-0.15, -0.1) is 0 Å². The predicted octanol–water partition coefficient (Wildman–Crippen LogP) is 4.27. The molecule has 3 heteroatoms. The van der Waals surface area contributed by atoms with Crippen molar-refractivity contribution in [3.05, 3.63) is 0 Å². The zero-order valence-electron chi connectivity index (χ0n) is 15.2. The molecule has 3 nitrogen and oxygen atoms in total. The van der Waals surface area contributed by atoms with Gasteiger partial charge < -0.3 is 15.6 Å². The van der Waals surface area contributed by atoms with Crippen LogP contribution in [0.25, 0.3) is 0 Å². The summed E-state index contributed by atoms with van der Waals surface area (Å²) >= 11 is 0. The minimum Gasteiger partial charge on any atom is -0.392 e. The first-order chi connectivity index (χ1) is 10.5. The Kier molecular flexibility index (Phi) is 9.62. The van der Waals surface area contributed by atoms with E-state index in [0.29, 0.717) is 24.0 Å². The molecule has 0 bridgehead atoms. The second-order valence-electron chi connectivity index (χ2n) is 7.97. The van der Waals surface area contributed by atoms with E-state index in [4.69, 9.17) is 10.5 Å². The topological polar surface area (TPSA) is 55.5 Å². The third-order valence-corrected chi connectivity index (χ3v) is 5.12. The fraction of sp³-hybridized carbons (Fsp3) is 1.00. The van der Waals surface area contributed by atoms with Crippen molar-refractivity contribution in [1.29, 1.82) is 0 Å². The Morgan fingerprint density at radius 1 is 1.18 bits per heavy atom. The lowest BCUT2D eigenvalue weighted by Gasteiger charge is -2.41. The normalized spacial score (nSPS) is 26.0. The Morgan fingerprint density at radius 3 is 2.55 bits per heavy atom. The van der Waals surface area contributed by atoms with Gasteiger partial charge in [-0.1, -0.05) is 52.9 Å². The Bertz CT molecular complexity index is 281. The van der Waals surface area contributed by atoms with Gasteiger partial charge in [-0.25, -0.2) is 0 Å². The first-order valence-electron chi connectivity index (χ1n) is 9.48. The van der Waals surface area contributed by atoms with Gasteiger partial charge in [0.25, 0.3) is 0 Å². The number of aliphatic hydroxyl groups is 1. The zero-order valence-corrected chi connectivity index (χ0v) is 15.2. The van der Waals surface area contributed by atoms with Crippen molar-refractivity contribution in [3.8, 4) is 0 Å². The highest BCUT2D eigenvalue weighted by atomic mass is 16.5. The Labute approximate surface area is 138 Å². The lowest BCUT2D eigenvalue weighted by atomic mass is 9.69. The molecule has 1 aliphatic carbocycles. The molecule has 0 heterocycles. The number of aliphatic hydroxyl groups excluding tert-OH is 1. The molecule has 1 aliphatic rings. The predicted molar refractivity (Wildman–Crippen MR) is 93.9 cm³/mol. The highest BCUT2D eigenvalue weighted by Gasteiger charge is 2.36. The minimum absolute atomic E-state index is 0.324. The average molecular weight is 314 g/mol. The SMILES string of the molecule is CCCCCCCCOC1CCC(C)(C)CC1CC(O)CN. The minimum atomic E-state index is -0.376. The van der Waals surface area contributed by atoms with Crippen LogP contribution in [0, 0.1) is 11.3 Å². The maximum atomic E-state index is 9.91. The fourth-order valence-corrected chi connectivity index (χ4v) is 3.73.